The Morgan fingerprint density at radius 1 is 1.09 bits per heavy atom. The standard InChI is InChI=1S/C24H18F2N2O4/c1-14(16-9-8-15(25)11-19(16)26)27-23(29)13-32-24(30)18-12-21(22-7-4-10-31-22)28-20-6-3-2-5-17(18)20/h2-12,14H,13H2,1H3,(H,27,29)/t14-/m1/s1. The van der Waals surface area contributed by atoms with Gasteiger partial charge in [0.1, 0.15) is 17.3 Å². The van der Waals surface area contributed by atoms with Crippen LogP contribution >= 0.6 is 0 Å². The summed E-state index contributed by atoms with van der Waals surface area (Å²) in [6.45, 7) is 0.973. The van der Waals surface area contributed by atoms with Gasteiger partial charge in [-0.05, 0) is 37.3 Å². The fourth-order valence-electron chi connectivity index (χ4n) is 3.32. The Morgan fingerprint density at radius 3 is 2.66 bits per heavy atom. The number of aromatic nitrogens is 1. The third-order valence-corrected chi connectivity index (χ3v) is 4.85. The van der Waals surface area contributed by atoms with Crippen LogP contribution in [-0.2, 0) is 9.53 Å². The summed E-state index contributed by atoms with van der Waals surface area (Å²) in [5.74, 6) is -2.34. The topological polar surface area (TPSA) is 81.4 Å². The second-order valence-electron chi connectivity index (χ2n) is 7.08. The van der Waals surface area contributed by atoms with Crippen LogP contribution in [0.25, 0.3) is 22.4 Å². The number of amides is 1. The highest BCUT2D eigenvalue weighted by atomic mass is 19.1. The number of carbonyl (C=O) groups is 2. The maximum absolute atomic E-state index is 13.9. The summed E-state index contributed by atoms with van der Waals surface area (Å²) in [7, 11) is 0. The van der Waals surface area contributed by atoms with Crippen LogP contribution in [0.5, 0.6) is 0 Å². The van der Waals surface area contributed by atoms with Crippen LogP contribution in [0.3, 0.4) is 0 Å². The van der Waals surface area contributed by atoms with Crippen molar-refractivity contribution in [2.75, 3.05) is 6.61 Å². The van der Waals surface area contributed by atoms with E-state index in [4.69, 9.17) is 9.15 Å². The number of nitrogens with one attached hydrogen (secondary N) is 1. The lowest BCUT2D eigenvalue weighted by Gasteiger charge is -2.15. The average molecular weight is 436 g/mol. The number of hydrogen-bond acceptors (Lipinski definition) is 5. The molecule has 6 nitrogen and oxygen atoms in total. The fourth-order valence-corrected chi connectivity index (χ4v) is 3.32. The molecule has 8 heteroatoms. The number of benzene rings is 2. The van der Waals surface area contributed by atoms with Gasteiger partial charge in [-0.1, -0.05) is 24.3 Å². The molecule has 0 aliphatic rings. The first kappa shape index (κ1) is 21.2. The van der Waals surface area contributed by atoms with Crippen LogP contribution < -0.4 is 5.32 Å². The molecule has 4 rings (SSSR count). The summed E-state index contributed by atoms with van der Waals surface area (Å²) in [4.78, 5) is 29.5. The van der Waals surface area contributed by atoms with Crippen LogP contribution in [0.1, 0.15) is 28.9 Å². The molecule has 32 heavy (non-hydrogen) atoms. The molecule has 0 unspecified atom stereocenters. The molecule has 0 saturated carbocycles. The number of halogens is 2. The molecule has 162 valence electrons. The van der Waals surface area contributed by atoms with E-state index in [9.17, 15) is 18.4 Å². The van der Waals surface area contributed by atoms with Gasteiger partial charge < -0.3 is 14.5 Å². The first-order valence-corrected chi connectivity index (χ1v) is 9.77. The minimum Gasteiger partial charge on any atom is -0.463 e. The molecular formula is C24H18F2N2O4. The number of fused-ring (bicyclic) bond motifs is 1. The molecule has 0 saturated heterocycles. The lowest BCUT2D eigenvalue weighted by atomic mass is 10.1. The Labute approximate surface area is 181 Å². The summed E-state index contributed by atoms with van der Waals surface area (Å²) < 4.78 is 37.5. The van der Waals surface area contributed by atoms with E-state index in [2.05, 4.69) is 10.3 Å². The zero-order valence-corrected chi connectivity index (χ0v) is 17.0. The maximum Gasteiger partial charge on any atom is 0.339 e. The van der Waals surface area contributed by atoms with Crippen molar-refractivity contribution < 1.29 is 27.5 Å². The zero-order chi connectivity index (χ0) is 22.7. The van der Waals surface area contributed by atoms with E-state index < -0.39 is 36.2 Å². The van der Waals surface area contributed by atoms with Gasteiger partial charge in [-0.3, -0.25) is 4.79 Å². The van der Waals surface area contributed by atoms with E-state index in [1.54, 1.807) is 43.3 Å². The molecule has 2 aromatic carbocycles. The van der Waals surface area contributed by atoms with Crippen molar-refractivity contribution >= 4 is 22.8 Å². The second kappa shape index (κ2) is 8.97. The first-order valence-electron chi connectivity index (χ1n) is 9.77. The quantitative estimate of drug-likeness (QED) is 0.439. The summed E-state index contributed by atoms with van der Waals surface area (Å²) in [5, 5.41) is 3.09. The normalized spacial score (nSPS) is 11.8. The van der Waals surface area contributed by atoms with E-state index in [1.807, 2.05) is 0 Å². The van der Waals surface area contributed by atoms with E-state index in [-0.39, 0.29) is 11.1 Å². The molecule has 4 aromatic rings. The number of furan rings is 1. The van der Waals surface area contributed by atoms with Crippen molar-refractivity contribution in [2.45, 2.75) is 13.0 Å². The molecule has 0 fully saturated rings. The van der Waals surface area contributed by atoms with Gasteiger partial charge in [0.25, 0.3) is 5.91 Å². The predicted molar refractivity (Wildman–Crippen MR) is 113 cm³/mol. The lowest BCUT2D eigenvalue weighted by Crippen LogP contribution is -2.31. The Balaban J connectivity index is 1.48. The van der Waals surface area contributed by atoms with Gasteiger partial charge in [0.05, 0.1) is 23.4 Å². The third-order valence-electron chi connectivity index (χ3n) is 4.85. The van der Waals surface area contributed by atoms with Crippen molar-refractivity contribution in [1.82, 2.24) is 10.3 Å². The van der Waals surface area contributed by atoms with Crippen molar-refractivity contribution in [1.29, 1.82) is 0 Å². The van der Waals surface area contributed by atoms with Crippen LogP contribution in [0.15, 0.2) is 71.3 Å². The SMILES string of the molecule is C[C@@H](NC(=O)COC(=O)c1cc(-c2ccco2)nc2ccccc12)c1ccc(F)cc1F. The number of para-hydroxylation sites is 1. The first-order chi connectivity index (χ1) is 15.4. The molecule has 0 aliphatic heterocycles. The minimum absolute atomic E-state index is 0.120. The number of nitrogens with zero attached hydrogens (tertiary/aromatic N) is 1. The minimum atomic E-state index is -0.775. The summed E-state index contributed by atoms with van der Waals surface area (Å²) in [6, 6.07) is 14.4. The number of ether oxygens (including phenoxy) is 1. The van der Waals surface area contributed by atoms with Gasteiger partial charge in [-0.15, -0.1) is 0 Å². The number of pyridine rings is 1. The van der Waals surface area contributed by atoms with E-state index in [1.165, 1.54) is 18.4 Å². The lowest BCUT2D eigenvalue weighted by molar-refractivity contribution is -0.124. The molecule has 1 amide bonds. The van der Waals surface area contributed by atoms with Gasteiger partial charge in [0, 0.05) is 17.0 Å². The zero-order valence-electron chi connectivity index (χ0n) is 17.0. The van der Waals surface area contributed by atoms with Crippen LogP contribution in [0, 0.1) is 11.6 Å². The number of hydrogen-bond donors (Lipinski definition) is 1. The van der Waals surface area contributed by atoms with Gasteiger partial charge in [0.2, 0.25) is 0 Å². The molecule has 1 atom stereocenters. The van der Waals surface area contributed by atoms with Gasteiger partial charge in [0.15, 0.2) is 12.4 Å². The van der Waals surface area contributed by atoms with Gasteiger partial charge in [-0.25, -0.2) is 18.6 Å². The van der Waals surface area contributed by atoms with Crippen molar-refractivity contribution in [3.05, 3.63) is 89.7 Å². The van der Waals surface area contributed by atoms with Crippen molar-refractivity contribution in [3.8, 4) is 11.5 Å². The number of rotatable bonds is 6. The molecule has 1 N–H and O–H groups in total. The highest BCUT2D eigenvalue weighted by Gasteiger charge is 2.19. The van der Waals surface area contributed by atoms with Crippen LogP contribution in [0.2, 0.25) is 0 Å². The van der Waals surface area contributed by atoms with Crippen LogP contribution in [-0.4, -0.2) is 23.5 Å². The Morgan fingerprint density at radius 2 is 1.91 bits per heavy atom. The van der Waals surface area contributed by atoms with Gasteiger partial charge >= 0.3 is 5.97 Å². The average Bonchev–Trinajstić information content (AvgIpc) is 3.31. The maximum atomic E-state index is 13.9. The fraction of sp³-hybridized carbons (Fsp3) is 0.125. The molecule has 0 bridgehead atoms. The molecule has 0 radical (unpaired) electrons. The third kappa shape index (κ3) is 4.49. The summed E-state index contributed by atoms with van der Waals surface area (Å²) >= 11 is 0. The number of esters is 1. The molecule has 2 heterocycles. The van der Waals surface area contributed by atoms with E-state index in [0.717, 1.165) is 12.1 Å². The molecule has 2 aromatic heterocycles. The van der Waals surface area contributed by atoms with E-state index >= 15 is 0 Å². The number of carbonyl (C=O) groups excluding carboxylic acids is 2. The highest BCUT2D eigenvalue weighted by Crippen LogP contribution is 2.25. The highest BCUT2D eigenvalue weighted by molar-refractivity contribution is 6.05. The smallest absolute Gasteiger partial charge is 0.339 e. The molecular weight excluding hydrogens is 418 g/mol. The van der Waals surface area contributed by atoms with Crippen molar-refractivity contribution in [3.63, 3.8) is 0 Å². The summed E-state index contributed by atoms with van der Waals surface area (Å²) in [6.07, 6.45) is 1.50. The summed E-state index contributed by atoms with van der Waals surface area (Å²) in [5.41, 5.74) is 1.37. The van der Waals surface area contributed by atoms with Crippen molar-refractivity contribution in [2.24, 2.45) is 0 Å². The Hall–Kier alpha value is -4.07. The molecule has 0 aliphatic carbocycles. The van der Waals surface area contributed by atoms with E-state index in [0.29, 0.717) is 22.4 Å². The second-order valence-corrected chi connectivity index (χ2v) is 7.08. The largest absolute Gasteiger partial charge is 0.463 e. The molecule has 0 spiro atoms. The Kier molecular flexibility index (Phi) is 5.93. The van der Waals surface area contributed by atoms with Crippen LogP contribution in [0.4, 0.5) is 8.78 Å². The van der Waals surface area contributed by atoms with Gasteiger partial charge in [-0.2, -0.15) is 0 Å². The Bertz CT molecular complexity index is 1290. The monoisotopic (exact) mass is 436 g/mol. The predicted octanol–water partition coefficient (Wildman–Crippen LogP) is 4.81.